The zero-order valence-corrected chi connectivity index (χ0v) is 21.5. The quantitative estimate of drug-likeness (QED) is 0.438. The van der Waals surface area contributed by atoms with Crippen LogP contribution in [0.4, 0.5) is 0 Å². The van der Waals surface area contributed by atoms with Crippen molar-refractivity contribution in [1.82, 2.24) is 0 Å². The first-order valence-corrected chi connectivity index (χ1v) is 12.7. The molecule has 1 aliphatic rings. The predicted molar refractivity (Wildman–Crippen MR) is 141 cm³/mol. The van der Waals surface area contributed by atoms with Gasteiger partial charge in [-0.25, -0.2) is 0 Å². The summed E-state index contributed by atoms with van der Waals surface area (Å²) in [5.41, 5.74) is 7.74. The molecule has 4 rings (SSSR count). The first-order valence-electron chi connectivity index (χ1n) is 11.8. The van der Waals surface area contributed by atoms with Crippen LogP contribution in [0.5, 0.6) is 0 Å². The Kier molecular flexibility index (Phi) is 6.77. The molecule has 0 saturated carbocycles. The van der Waals surface area contributed by atoms with Crippen molar-refractivity contribution in [3.05, 3.63) is 77.9 Å². The normalized spacial score (nSPS) is 19.1. The monoisotopic (exact) mass is 460 g/mol. The maximum atomic E-state index is 10.4. The topological polar surface area (TPSA) is 29.5 Å². The van der Waals surface area contributed by atoms with Gasteiger partial charge in [0.15, 0.2) is 0 Å². The Bertz CT molecular complexity index is 1040. The molecule has 0 amide bonds. The van der Waals surface area contributed by atoms with E-state index in [0.29, 0.717) is 13.2 Å². The second-order valence-corrected chi connectivity index (χ2v) is 12.4. The van der Waals surface area contributed by atoms with Crippen molar-refractivity contribution in [2.24, 2.45) is 0 Å². The van der Waals surface area contributed by atoms with Crippen molar-refractivity contribution in [3.63, 3.8) is 0 Å². The summed E-state index contributed by atoms with van der Waals surface area (Å²) in [6.45, 7) is 14.6. The van der Waals surface area contributed by atoms with Gasteiger partial charge in [0, 0.05) is 4.90 Å². The van der Waals surface area contributed by atoms with E-state index in [4.69, 9.17) is 4.74 Å². The van der Waals surface area contributed by atoms with E-state index in [1.54, 1.807) is 11.8 Å². The second-order valence-electron chi connectivity index (χ2n) is 11.1. The third-order valence-corrected chi connectivity index (χ3v) is 7.55. The number of aliphatic hydroxyl groups excluding tert-OH is 1. The van der Waals surface area contributed by atoms with Crippen LogP contribution in [-0.4, -0.2) is 29.7 Å². The van der Waals surface area contributed by atoms with Crippen LogP contribution in [0.3, 0.4) is 0 Å². The van der Waals surface area contributed by atoms with Crippen molar-refractivity contribution in [3.8, 4) is 22.3 Å². The molecule has 174 valence electrons. The van der Waals surface area contributed by atoms with Crippen LogP contribution >= 0.6 is 11.8 Å². The van der Waals surface area contributed by atoms with Gasteiger partial charge in [-0.3, -0.25) is 0 Å². The maximum absolute atomic E-state index is 10.4. The van der Waals surface area contributed by atoms with E-state index in [1.165, 1.54) is 38.3 Å². The molecule has 1 saturated heterocycles. The summed E-state index contributed by atoms with van der Waals surface area (Å²) >= 11 is 1.73. The van der Waals surface area contributed by atoms with E-state index in [2.05, 4.69) is 108 Å². The molecule has 3 aromatic carbocycles. The molecule has 2 nitrogen and oxygen atoms in total. The molecule has 0 aliphatic carbocycles. The van der Waals surface area contributed by atoms with Gasteiger partial charge in [-0.1, -0.05) is 90.1 Å². The fourth-order valence-electron chi connectivity index (χ4n) is 4.57. The number of ether oxygens (including phenoxy) is 1. The van der Waals surface area contributed by atoms with Crippen LogP contribution in [0.2, 0.25) is 0 Å². The second kappa shape index (κ2) is 9.29. The van der Waals surface area contributed by atoms with E-state index < -0.39 is 6.10 Å². The molecule has 3 heteroatoms. The minimum absolute atomic E-state index is 0.0404. The smallest absolute Gasteiger partial charge is 0.0917 e. The van der Waals surface area contributed by atoms with Gasteiger partial charge >= 0.3 is 0 Å². The fourth-order valence-corrected chi connectivity index (χ4v) is 5.71. The largest absolute Gasteiger partial charge is 0.389 e. The van der Waals surface area contributed by atoms with E-state index in [-0.39, 0.29) is 16.1 Å². The maximum Gasteiger partial charge on any atom is 0.0917 e. The van der Waals surface area contributed by atoms with Crippen LogP contribution in [0.15, 0.2) is 71.6 Å². The molecule has 2 atom stereocenters. The molecule has 0 unspecified atom stereocenters. The van der Waals surface area contributed by atoms with E-state index in [9.17, 15) is 5.11 Å². The van der Waals surface area contributed by atoms with Gasteiger partial charge < -0.3 is 9.84 Å². The molecular formula is C30H36O2S. The summed E-state index contributed by atoms with van der Waals surface area (Å²) in [6.07, 6.45) is -0.425. The lowest BCUT2D eigenvalue weighted by Gasteiger charge is -2.25. The average molecular weight is 461 g/mol. The van der Waals surface area contributed by atoms with Crippen molar-refractivity contribution in [2.75, 3.05) is 13.2 Å². The summed E-state index contributed by atoms with van der Waals surface area (Å²) in [6, 6.07) is 24.4. The molecular weight excluding hydrogens is 424 g/mol. The molecule has 33 heavy (non-hydrogen) atoms. The minimum atomic E-state index is -0.425. The number of hydrogen-bond acceptors (Lipinski definition) is 3. The Morgan fingerprint density at radius 3 is 1.64 bits per heavy atom. The molecule has 1 fully saturated rings. The molecule has 3 aromatic rings. The Hall–Kier alpha value is -2.07. The highest BCUT2D eigenvalue weighted by molar-refractivity contribution is 8.00. The van der Waals surface area contributed by atoms with Gasteiger partial charge in [0.2, 0.25) is 0 Å². The van der Waals surface area contributed by atoms with Crippen LogP contribution < -0.4 is 0 Å². The Morgan fingerprint density at radius 2 is 1.21 bits per heavy atom. The number of benzene rings is 3. The molecule has 0 aromatic heterocycles. The molecule has 0 radical (unpaired) electrons. The van der Waals surface area contributed by atoms with Crippen LogP contribution in [0.1, 0.15) is 52.7 Å². The lowest BCUT2D eigenvalue weighted by Crippen LogP contribution is -2.19. The van der Waals surface area contributed by atoms with Gasteiger partial charge in [0.1, 0.15) is 0 Å². The van der Waals surface area contributed by atoms with Gasteiger partial charge in [0.25, 0.3) is 0 Å². The zero-order valence-electron chi connectivity index (χ0n) is 20.7. The third kappa shape index (κ3) is 5.37. The lowest BCUT2D eigenvalue weighted by atomic mass is 9.80. The Labute approximate surface area is 203 Å². The van der Waals surface area contributed by atoms with E-state index in [0.717, 1.165) is 0 Å². The van der Waals surface area contributed by atoms with Gasteiger partial charge in [-0.2, -0.15) is 0 Å². The molecule has 1 heterocycles. The summed E-state index contributed by atoms with van der Waals surface area (Å²) in [7, 11) is 0. The zero-order chi connectivity index (χ0) is 23.8. The lowest BCUT2D eigenvalue weighted by molar-refractivity contribution is 0.127. The van der Waals surface area contributed by atoms with Crippen LogP contribution in [0, 0.1) is 0 Å². The Balaban J connectivity index is 1.90. The van der Waals surface area contributed by atoms with Crippen molar-refractivity contribution in [2.45, 2.75) is 68.6 Å². The highest BCUT2D eigenvalue weighted by Gasteiger charge is 2.28. The SMILES string of the molecule is CC(C)(C)c1ccccc1-c1cc(S[C@H]2COC[C@@H]2O)cc(-c2ccccc2C(C)(C)C)c1. The summed E-state index contributed by atoms with van der Waals surface area (Å²) < 4.78 is 5.53. The van der Waals surface area contributed by atoms with Crippen molar-refractivity contribution >= 4 is 11.8 Å². The van der Waals surface area contributed by atoms with Crippen LogP contribution in [0.25, 0.3) is 22.3 Å². The van der Waals surface area contributed by atoms with Crippen LogP contribution in [-0.2, 0) is 15.6 Å². The first kappa shape index (κ1) is 24.1. The molecule has 0 bridgehead atoms. The summed E-state index contributed by atoms with van der Waals surface area (Å²) in [5.74, 6) is 0. The first-order chi connectivity index (χ1) is 15.5. The highest BCUT2D eigenvalue weighted by Crippen LogP contribution is 2.41. The molecule has 1 aliphatic heterocycles. The fraction of sp³-hybridized carbons (Fsp3) is 0.400. The highest BCUT2D eigenvalue weighted by atomic mass is 32.2. The number of rotatable bonds is 4. The third-order valence-electron chi connectivity index (χ3n) is 6.29. The minimum Gasteiger partial charge on any atom is -0.389 e. The van der Waals surface area contributed by atoms with Crippen molar-refractivity contribution in [1.29, 1.82) is 0 Å². The molecule has 1 N–H and O–H groups in total. The number of aliphatic hydroxyl groups is 1. The predicted octanol–water partition coefficient (Wildman–Crippen LogP) is 7.47. The van der Waals surface area contributed by atoms with Gasteiger partial charge in [-0.15, -0.1) is 11.8 Å². The number of hydrogen-bond donors (Lipinski definition) is 1. The number of thioether (sulfide) groups is 1. The standard InChI is InChI=1S/C30H36O2S/c1-29(2,3)25-13-9-7-11-23(25)20-15-21(24-12-8-10-14-26(24)30(4,5)6)17-22(16-20)33-28-19-32-18-27(28)31/h7-17,27-28,31H,18-19H2,1-6H3/t27-,28-/m0/s1. The van der Waals surface area contributed by atoms with E-state index in [1.807, 2.05) is 0 Å². The van der Waals surface area contributed by atoms with Gasteiger partial charge in [0.05, 0.1) is 24.6 Å². The Morgan fingerprint density at radius 1 is 0.727 bits per heavy atom. The summed E-state index contributed by atoms with van der Waals surface area (Å²) in [5, 5.41) is 10.4. The average Bonchev–Trinajstić information content (AvgIpc) is 3.16. The molecule has 0 spiro atoms. The van der Waals surface area contributed by atoms with Crippen molar-refractivity contribution < 1.29 is 9.84 Å². The summed E-state index contributed by atoms with van der Waals surface area (Å²) in [4.78, 5) is 1.17. The van der Waals surface area contributed by atoms with E-state index >= 15 is 0 Å². The van der Waals surface area contributed by atoms with Gasteiger partial charge in [-0.05, 0) is 62.4 Å².